The zero-order valence-corrected chi connectivity index (χ0v) is 11.6. The van der Waals surface area contributed by atoms with Crippen LogP contribution < -0.4 is 0 Å². The first-order chi connectivity index (χ1) is 9.83. The van der Waals surface area contributed by atoms with Crippen molar-refractivity contribution in [3.05, 3.63) is 35.9 Å². The first kappa shape index (κ1) is 12.2. The molecule has 1 aromatic carbocycles. The standard InChI is InChI=1S/C16H20N2O2/c19-16-18-11-13-6-7-14(15(18)8-9-20-16)17(13)10-12-4-2-1-3-5-12/h1-5,13-15H,6-11H2/t13-,14+,15-/m0/s1. The Morgan fingerprint density at radius 3 is 2.80 bits per heavy atom. The molecule has 0 radical (unpaired) electrons. The third kappa shape index (κ3) is 1.90. The van der Waals surface area contributed by atoms with Crippen LogP contribution in [0.1, 0.15) is 24.8 Å². The van der Waals surface area contributed by atoms with Gasteiger partial charge < -0.3 is 9.64 Å². The van der Waals surface area contributed by atoms with Gasteiger partial charge in [0.25, 0.3) is 0 Å². The van der Waals surface area contributed by atoms with Gasteiger partial charge in [-0.1, -0.05) is 30.3 Å². The highest BCUT2D eigenvalue weighted by atomic mass is 16.6. The van der Waals surface area contributed by atoms with E-state index in [4.69, 9.17) is 4.74 Å². The molecule has 0 N–H and O–H groups in total. The van der Waals surface area contributed by atoms with Crippen LogP contribution in [0.15, 0.2) is 30.3 Å². The Bertz CT molecular complexity index is 504. The molecule has 0 unspecified atom stereocenters. The minimum atomic E-state index is -0.0995. The predicted molar refractivity (Wildman–Crippen MR) is 75.3 cm³/mol. The fourth-order valence-corrected chi connectivity index (χ4v) is 4.09. The van der Waals surface area contributed by atoms with E-state index in [2.05, 4.69) is 35.2 Å². The molecule has 0 saturated carbocycles. The topological polar surface area (TPSA) is 32.8 Å². The van der Waals surface area contributed by atoms with Crippen LogP contribution in [0, 0.1) is 0 Å². The number of cyclic esters (lactones) is 1. The van der Waals surface area contributed by atoms with Crippen molar-refractivity contribution in [1.82, 2.24) is 9.80 Å². The van der Waals surface area contributed by atoms with Crippen molar-refractivity contribution in [2.24, 2.45) is 0 Å². The number of carbonyl (C=O) groups excluding carboxylic acids is 1. The quantitative estimate of drug-likeness (QED) is 0.828. The second kappa shape index (κ2) is 4.77. The number of hydrogen-bond donors (Lipinski definition) is 0. The molecule has 2 bridgehead atoms. The molecular formula is C16H20N2O2. The molecule has 4 rings (SSSR count). The van der Waals surface area contributed by atoms with Crippen LogP contribution in [0.2, 0.25) is 0 Å². The molecule has 0 aromatic heterocycles. The molecule has 4 nitrogen and oxygen atoms in total. The summed E-state index contributed by atoms with van der Waals surface area (Å²) in [5.41, 5.74) is 1.37. The summed E-state index contributed by atoms with van der Waals surface area (Å²) in [5, 5.41) is 0. The average Bonchev–Trinajstić information content (AvgIpc) is 2.74. The van der Waals surface area contributed by atoms with E-state index in [0.717, 1.165) is 19.5 Å². The largest absolute Gasteiger partial charge is 0.449 e. The van der Waals surface area contributed by atoms with Crippen molar-refractivity contribution < 1.29 is 9.53 Å². The van der Waals surface area contributed by atoms with E-state index in [1.165, 1.54) is 18.4 Å². The molecule has 1 aromatic rings. The van der Waals surface area contributed by atoms with Gasteiger partial charge >= 0.3 is 6.09 Å². The second-order valence-electron chi connectivity index (χ2n) is 6.08. The van der Waals surface area contributed by atoms with E-state index in [1.807, 2.05) is 4.90 Å². The third-order valence-corrected chi connectivity index (χ3v) is 5.02. The Hall–Kier alpha value is -1.55. The number of carbonyl (C=O) groups is 1. The van der Waals surface area contributed by atoms with E-state index < -0.39 is 0 Å². The Kier molecular flexibility index (Phi) is 2.91. The molecule has 106 valence electrons. The summed E-state index contributed by atoms with van der Waals surface area (Å²) in [6.07, 6.45) is 3.30. The minimum Gasteiger partial charge on any atom is -0.449 e. The van der Waals surface area contributed by atoms with Gasteiger partial charge in [0, 0.05) is 31.6 Å². The zero-order valence-electron chi connectivity index (χ0n) is 11.6. The number of fused-ring (bicyclic) bond motifs is 4. The number of amides is 1. The Morgan fingerprint density at radius 1 is 1.10 bits per heavy atom. The maximum Gasteiger partial charge on any atom is 0.410 e. The molecule has 20 heavy (non-hydrogen) atoms. The van der Waals surface area contributed by atoms with Crippen molar-refractivity contribution in [2.45, 2.75) is 43.9 Å². The van der Waals surface area contributed by atoms with Crippen LogP contribution in [-0.4, -0.2) is 47.2 Å². The maximum atomic E-state index is 11.9. The van der Waals surface area contributed by atoms with Gasteiger partial charge in [-0.2, -0.15) is 0 Å². The van der Waals surface area contributed by atoms with E-state index >= 15 is 0 Å². The van der Waals surface area contributed by atoms with E-state index in [9.17, 15) is 4.79 Å². The van der Waals surface area contributed by atoms with Crippen LogP contribution >= 0.6 is 0 Å². The first-order valence-corrected chi connectivity index (χ1v) is 7.56. The Balaban J connectivity index is 1.56. The van der Waals surface area contributed by atoms with E-state index in [1.54, 1.807) is 0 Å². The normalized spacial score (nSPS) is 32.9. The molecule has 4 heteroatoms. The van der Waals surface area contributed by atoms with Crippen LogP contribution in [-0.2, 0) is 11.3 Å². The van der Waals surface area contributed by atoms with Crippen LogP contribution in [0.25, 0.3) is 0 Å². The maximum absolute atomic E-state index is 11.9. The number of rotatable bonds is 2. The molecule has 3 atom stereocenters. The summed E-state index contributed by atoms with van der Waals surface area (Å²) in [5.74, 6) is 0. The lowest BCUT2D eigenvalue weighted by Gasteiger charge is -2.48. The predicted octanol–water partition coefficient (Wildman–Crippen LogP) is 2.24. The molecule has 0 aliphatic carbocycles. The highest BCUT2D eigenvalue weighted by molar-refractivity contribution is 5.69. The molecular weight excluding hydrogens is 252 g/mol. The number of ether oxygens (including phenoxy) is 1. The van der Waals surface area contributed by atoms with Gasteiger partial charge in [-0.15, -0.1) is 0 Å². The molecule has 1 amide bonds. The van der Waals surface area contributed by atoms with Gasteiger partial charge in [0.1, 0.15) is 0 Å². The van der Waals surface area contributed by atoms with Gasteiger partial charge in [0.2, 0.25) is 0 Å². The van der Waals surface area contributed by atoms with Crippen LogP contribution in [0.3, 0.4) is 0 Å². The second-order valence-corrected chi connectivity index (χ2v) is 6.08. The number of nitrogens with zero attached hydrogens (tertiary/aromatic N) is 2. The summed E-state index contributed by atoms with van der Waals surface area (Å²) < 4.78 is 5.19. The first-order valence-electron chi connectivity index (χ1n) is 7.56. The Morgan fingerprint density at radius 2 is 1.95 bits per heavy atom. The lowest BCUT2D eigenvalue weighted by atomic mass is 9.98. The fourth-order valence-electron chi connectivity index (χ4n) is 4.09. The van der Waals surface area contributed by atoms with Crippen LogP contribution in [0.5, 0.6) is 0 Å². The summed E-state index contributed by atoms with van der Waals surface area (Å²) in [6, 6.07) is 12.0. The molecule has 3 fully saturated rings. The van der Waals surface area contributed by atoms with Crippen molar-refractivity contribution in [3.63, 3.8) is 0 Å². The zero-order chi connectivity index (χ0) is 13.5. The minimum absolute atomic E-state index is 0.0995. The molecule has 3 saturated heterocycles. The highest BCUT2D eigenvalue weighted by Crippen LogP contribution is 2.38. The van der Waals surface area contributed by atoms with Crippen molar-refractivity contribution in [3.8, 4) is 0 Å². The monoisotopic (exact) mass is 272 g/mol. The van der Waals surface area contributed by atoms with E-state index in [0.29, 0.717) is 24.7 Å². The number of piperazine rings is 1. The van der Waals surface area contributed by atoms with Crippen molar-refractivity contribution >= 4 is 6.09 Å². The molecule has 3 aliphatic heterocycles. The number of benzene rings is 1. The van der Waals surface area contributed by atoms with Gasteiger partial charge in [-0.3, -0.25) is 4.90 Å². The van der Waals surface area contributed by atoms with Crippen molar-refractivity contribution in [2.75, 3.05) is 13.2 Å². The van der Waals surface area contributed by atoms with Gasteiger partial charge in [0.15, 0.2) is 0 Å². The SMILES string of the molecule is O=C1OCC[C@H]2[C@H]3CC[C@@H](CN12)N3Cc1ccccc1. The Labute approximate surface area is 119 Å². The molecule has 3 heterocycles. The van der Waals surface area contributed by atoms with Gasteiger partial charge in [0.05, 0.1) is 12.6 Å². The third-order valence-electron chi connectivity index (χ3n) is 5.02. The van der Waals surface area contributed by atoms with Gasteiger partial charge in [-0.25, -0.2) is 4.79 Å². The lowest BCUT2D eigenvalue weighted by molar-refractivity contribution is -0.0290. The highest BCUT2D eigenvalue weighted by Gasteiger charge is 2.49. The molecule has 0 spiro atoms. The van der Waals surface area contributed by atoms with Gasteiger partial charge in [-0.05, 0) is 18.4 Å². The summed E-state index contributed by atoms with van der Waals surface area (Å²) >= 11 is 0. The smallest absolute Gasteiger partial charge is 0.410 e. The lowest BCUT2D eigenvalue weighted by Crippen LogP contribution is -2.62. The summed E-state index contributed by atoms with van der Waals surface area (Å²) in [6.45, 7) is 2.43. The molecule has 3 aliphatic rings. The van der Waals surface area contributed by atoms with E-state index in [-0.39, 0.29) is 6.09 Å². The van der Waals surface area contributed by atoms with Crippen molar-refractivity contribution in [1.29, 1.82) is 0 Å². The summed E-state index contributed by atoms with van der Waals surface area (Å²) in [7, 11) is 0. The summed E-state index contributed by atoms with van der Waals surface area (Å²) in [4.78, 5) is 16.5. The van der Waals surface area contributed by atoms with Crippen LogP contribution in [0.4, 0.5) is 4.79 Å². The average molecular weight is 272 g/mol. The number of hydrogen-bond acceptors (Lipinski definition) is 3. The fraction of sp³-hybridized carbons (Fsp3) is 0.562.